The summed E-state index contributed by atoms with van der Waals surface area (Å²) in [7, 11) is 0. The Balaban J connectivity index is 1.45. The Labute approximate surface area is 135 Å². The number of hydrogen-bond donors (Lipinski definition) is 1. The summed E-state index contributed by atoms with van der Waals surface area (Å²) in [5.41, 5.74) is 0. The summed E-state index contributed by atoms with van der Waals surface area (Å²) in [5, 5.41) is 3.58. The van der Waals surface area contributed by atoms with Gasteiger partial charge in [0.2, 0.25) is 0 Å². The summed E-state index contributed by atoms with van der Waals surface area (Å²) in [5.74, 6) is 1.33. The highest BCUT2D eigenvalue weighted by Crippen LogP contribution is 2.26. The van der Waals surface area contributed by atoms with Crippen LogP contribution in [0.1, 0.15) is 29.8 Å². The lowest BCUT2D eigenvalue weighted by atomic mass is 9.94. The fraction of sp³-hybridized carbons (Fsp3) is 0.389. The van der Waals surface area contributed by atoms with Gasteiger partial charge in [-0.05, 0) is 31.0 Å². The maximum Gasteiger partial charge on any atom is 0.290 e. The average molecular weight is 312 g/mol. The Bertz CT molecular complexity index is 671. The van der Waals surface area contributed by atoms with E-state index in [-0.39, 0.29) is 5.91 Å². The second kappa shape index (κ2) is 6.08. The predicted octanol–water partition coefficient (Wildman–Crippen LogP) is 3.04. The van der Waals surface area contributed by atoms with Crippen LogP contribution in [-0.4, -0.2) is 36.0 Å². The van der Waals surface area contributed by atoms with E-state index in [4.69, 9.17) is 9.15 Å². The standard InChI is InChI=1S/C18H20N2O3/c21-18(20-11-13-5-4-6-14(12-20)19-13)16-9-10-17(23-16)22-15-7-2-1-3-8-15/h1-3,7-10,13-14,19H,4-6,11-12H2. The lowest BCUT2D eigenvalue weighted by Gasteiger charge is -2.42. The molecule has 23 heavy (non-hydrogen) atoms. The molecule has 0 aliphatic carbocycles. The lowest BCUT2D eigenvalue weighted by molar-refractivity contribution is 0.0573. The molecule has 3 heterocycles. The molecule has 2 bridgehead atoms. The molecule has 4 rings (SSSR count). The smallest absolute Gasteiger partial charge is 0.290 e. The third-order valence-electron chi connectivity index (χ3n) is 4.50. The van der Waals surface area contributed by atoms with Crippen molar-refractivity contribution in [1.29, 1.82) is 0 Å². The van der Waals surface area contributed by atoms with Crippen molar-refractivity contribution in [3.63, 3.8) is 0 Å². The van der Waals surface area contributed by atoms with Crippen molar-refractivity contribution in [3.05, 3.63) is 48.2 Å². The number of benzene rings is 1. The monoisotopic (exact) mass is 312 g/mol. The van der Waals surface area contributed by atoms with Gasteiger partial charge in [0.1, 0.15) is 5.75 Å². The van der Waals surface area contributed by atoms with Gasteiger partial charge < -0.3 is 19.4 Å². The molecule has 2 atom stereocenters. The molecule has 2 aromatic rings. The van der Waals surface area contributed by atoms with Crippen molar-refractivity contribution in [2.24, 2.45) is 0 Å². The van der Waals surface area contributed by atoms with Gasteiger partial charge in [-0.2, -0.15) is 0 Å². The van der Waals surface area contributed by atoms with Crippen molar-refractivity contribution in [2.75, 3.05) is 13.1 Å². The highest BCUT2D eigenvalue weighted by Gasteiger charge is 2.33. The number of carbonyl (C=O) groups excluding carboxylic acids is 1. The molecule has 2 fully saturated rings. The molecular formula is C18H20N2O3. The van der Waals surface area contributed by atoms with Crippen LogP contribution in [0.25, 0.3) is 0 Å². The fourth-order valence-corrected chi connectivity index (χ4v) is 3.42. The van der Waals surface area contributed by atoms with Gasteiger partial charge in [0.15, 0.2) is 5.76 Å². The molecule has 2 aliphatic rings. The molecule has 0 spiro atoms. The largest absolute Gasteiger partial charge is 0.426 e. The van der Waals surface area contributed by atoms with E-state index in [0.717, 1.165) is 25.9 Å². The van der Waals surface area contributed by atoms with Crippen LogP contribution in [0.5, 0.6) is 11.7 Å². The number of carbonyl (C=O) groups is 1. The zero-order chi connectivity index (χ0) is 15.6. The first-order valence-corrected chi connectivity index (χ1v) is 8.16. The maximum atomic E-state index is 12.6. The molecule has 1 N–H and O–H groups in total. The predicted molar refractivity (Wildman–Crippen MR) is 85.7 cm³/mol. The van der Waals surface area contributed by atoms with Crippen LogP contribution in [0.2, 0.25) is 0 Å². The second-order valence-electron chi connectivity index (χ2n) is 6.24. The van der Waals surface area contributed by atoms with E-state index in [0.29, 0.717) is 29.5 Å². The first kappa shape index (κ1) is 14.3. The SMILES string of the molecule is O=C(c1ccc(Oc2ccccc2)o1)N1CC2CCCC(C1)N2. The van der Waals surface area contributed by atoms with Gasteiger partial charge in [0.25, 0.3) is 11.9 Å². The number of fused-ring (bicyclic) bond motifs is 2. The van der Waals surface area contributed by atoms with Gasteiger partial charge in [-0.15, -0.1) is 0 Å². The van der Waals surface area contributed by atoms with Crippen LogP contribution >= 0.6 is 0 Å². The summed E-state index contributed by atoms with van der Waals surface area (Å²) in [6, 6.07) is 13.6. The first-order chi connectivity index (χ1) is 11.3. The quantitative estimate of drug-likeness (QED) is 0.946. The van der Waals surface area contributed by atoms with Gasteiger partial charge in [-0.1, -0.05) is 24.6 Å². The Kier molecular flexibility index (Phi) is 3.79. The number of ether oxygens (including phenoxy) is 1. The molecule has 5 nitrogen and oxygen atoms in total. The number of likely N-dealkylation sites (tertiary alicyclic amines) is 1. The van der Waals surface area contributed by atoms with E-state index in [1.54, 1.807) is 12.1 Å². The van der Waals surface area contributed by atoms with Crippen molar-refractivity contribution in [2.45, 2.75) is 31.3 Å². The highest BCUT2D eigenvalue weighted by atomic mass is 16.6. The number of piperidine rings is 1. The molecule has 0 saturated carbocycles. The molecule has 0 radical (unpaired) electrons. The lowest BCUT2D eigenvalue weighted by Crippen LogP contribution is -2.59. The highest BCUT2D eigenvalue weighted by molar-refractivity contribution is 5.91. The zero-order valence-electron chi connectivity index (χ0n) is 12.9. The topological polar surface area (TPSA) is 54.7 Å². The zero-order valence-corrected chi connectivity index (χ0v) is 12.9. The number of nitrogens with one attached hydrogen (secondary N) is 1. The minimum absolute atomic E-state index is 0.0497. The molecule has 5 heteroatoms. The van der Waals surface area contributed by atoms with Gasteiger partial charge in [0.05, 0.1) is 0 Å². The normalized spacial score (nSPS) is 23.6. The van der Waals surface area contributed by atoms with E-state index >= 15 is 0 Å². The average Bonchev–Trinajstić information content (AvgIpc) is 3.03. The van der Waals surface area contributed by atoms with Gasteiger partial charge in [-0.3, -0.25) is 4.79 Å². The van der Waals surface area contributed by atoms with Crippen molar-refractivity contribution >= 4 is 5.91 Å². The van der Waals surface area contributed by atoms with Gasteiger partial charge in [-0.25, -0.2) is 0 Å². The Morgan fingerprint density at radius 1 is 1.09 bits per heavy atom. The summed E-state index contributed by atoms with van der Waals surface area (Å²) in [6.07, 6.45) is 3.53. The van der Waals surface area contributed by atoms with Gasteiger partial charge in [0, 0.05) is 31.2 Å². The number of para-hydroxylation sites is 1. The van der Waals surface area contributed by atoms with E-state index in [9.17, 15) is 4.79 Å². The number of amides is 1. The summed E-state index contributed by atoms with van der Waals surface area (Å²) in [4.78, 5) is 14.5. The summed E-state index contributed by atoms with van der Waals surface area (Å²) < 4.78 is 11.2. The Morgan fingerprint density at radius 2 is 1.83 bits per heavy atom. The number of hydrogen-bond acceptors (Lipinski definition) is 4. The van der Waals surface area contributed by atoms with E-state index < -0.39 is 0 Å². The molecule has 120 valence electrons. The van der Waals surface area contributed by atoms with Crippen molar-refractivity contribution < 1.29 is 13.9 Å². The Morgan fingerprint density at radius 3 is 2.57 bits per heavy atom. The number of piperazine rings is 1. The third-order valence-corrected chi connectivity index (χ3v) is 4.50. The van der Waals surface area contributed by atoms with Crippen LogP contribution in [0.4, 0.5) is 0 Å². The summed E-state index contributed by atoms with van der Waals surface area (Å²) in [6.45, 7) is 1.51. The molecule has 1 amide bonds. The third kappa shape index (κ3) is 3.10. The fourth-order valence-electron chi connectivity index (χ4n) is 3.42. The molecule has 2 saturated heterocycles. The van der Waals surface area contributed by atoms with Crippen LogP contribution in [-0.2, 0) is 0 Å². The minimum Gasteiger partial charge on any atom is -0.426 e. The van der Waals surface area contributed by atoms with Crippen LogP contribution in [0, 0.1) is 0 Å². The number of furan rings is 1. The van der Waals surface area contributed by atoms with E-state index in [2.05, 4.69) is 5.32 Å². The molecule has 1 aromatic carbocycles. The molecule has 2 unspecified atom stereocenters. The number of rotatable bonds is 3. The summed E-state index contributed by atoms with van der Waals surface area (Å²) >= 11 is 0. The van der Waals surface area contributed by atoms with Crippen LogP contribution < -0.4 is 10.1 Å². The number of nitrogens with zero attached hydrogens (tertiary/aromatic N) is 1. The maximum absolute atomic E-state index is 12.6. The van der Waals surface area contributed by atoms with E-state index in [1.165, 1.54) is 6.42 Å². The van der Waals surface area contributed by atoms with Crippen molar-refractivity contribution in [3.8, 4) is 11.7 Å². The van der Waals surface area contributed by atoms with E-state index in [1.807, 2.05) is 35.2 Å². The minimum atomic E-state index is -0.0497. The molecule has 1 aromatic heterocycles. The molecule has 2 aliphatic heterocycles. The van der Waals surface area contributed by atoms with Crippen molar-refractivity contribution in [1.82, 2.24) is 10.2 Å². The van der Waals surface area contributed by atoms with Gasteiger partial charge >= 0.3 is 0 Å². The van der Waals surface area contributed by atoms with Crippen LogP contribution in [0.15, 0.2) is 46.9 Å². The molecular weight excluding hydrogens is 292 g/mol. The first-order valence-electron chi connectivity index (χ1n) is 8.16. The van der Waals surface area contributed by atoms with Crippen LogP contribution in [0.3, 0.4) is 0 Å². The Hall–Kier alpha value is -2.27. The second-order valence-corrected chi connectivity index (χ2v) is 6.24.